The smallest absolute Gasteiger partial charge is 0.307 e. The van der Waals surface area contributed by atoms with E-state index in [0.717, 1.165) is 5.56 Å². The number of benzene rings is 1. The summed E-state index contributed by atoms with van der Waals surface area (Å²) in [7, 11) is 0. The van der Waals surface area contributed by atoms with Gasteiger partial charge >= 0.3 is 5.97 Å². The summed E-state index contributed by atoms with van der Waals surface area (Å²) >= 11 is 0. The normalized spacial score (nSPS) is 32.0. The van der Waals surface area contributed by atoms with Crippen LogP contribution in [0.25, 0.3) is 0 Å². The first kappa shape index (κ1) is 15.4. The Balaban J connectivity index is 1.84. The second-order valence-electron chi connectivity index (χ2n) is 5.87. The van der Waals surface area contributed by atoms with Crippen molar-refractivity contribution in [1.82, 2.24) is 10.2 Å². The number of nitrogens with one attached hydrogen (secondary N) is 1. The highest BCUT2D eigenvalue weighted by molar-refractivity contribution is 5.71. The molecule has 4 atom stereocenters. The van der Waals surface area contributed by atoms with Gasteiger partial charge in [-0.05, 0) is 24.0 Å². The number of piperidine rings is 1. The molecule has 2 aliphatic heterocycles. The number of nitrogens with zero attached hydrogens (tertiary/aromatic N) is 1. The summed E-state index contributed by atoms with van der Waals surface area (Å²) < 4.78 is 0. The third-order valence-electron chi connectivity index (χ3n) is 4.47. The number of carbonyl (C=O) groups is 1. The van der Waals surface area contributed by atoms with Crippen molar-refractivity contribution in [2.24, 2.45) is 0 Å². The Labute approximate surface area is 127 Å². The molecule has 7 heteroatoms. The van der Waals surface area contributed by atoms with Gasteiger partial charge in [0.1, 0.15) is 18.7 Å². The molecule has 7 nitrogen and oxygen atoms in total. The van der Waals surface area contributed by atoms with Gasteiger partial charge in [0.2, 0.25) is 0 Å². The zero-order valence-electron chi connectivity index (χ0n) is 12.0. The lowest BCUT2D eigenvalue weighted by atomic mass is 10.0. The molecular formula is C15H20N2O5. The zero-order valence-corrected chi connectivity index (χ0v) is 12.0. The fourth-order valence-corrected chi connectivity index (χ4v) is 3.39. The molecule has 1 fully saturated rings. The quantitative estimate of drug-likeness (QED) is 0.512. The Bertz CT molecular complexity index is 579. The molecule has 1 aromatic carbocycles. The third kappa shape index (κ3) is 2.73. The van der Waals surface area contributed by atoms with Gasteiger partial charge in [-0.25, -0.2) is 0 Å². The monoisotopic (exact) mass is 308 g/mol. The molecule has 0 bridgehead atoms. The Morgan fingerprint density at radius 1 is 1.27 bits per heavy atom. The molecule has 0 amide bonds. The van der Waals surface area contributed by atoms with E-state index < -0.39 is 24.7 Å². The highest BCUT2D eigenvalue weighted by Gasteiger charge is 2.40. The second kappa shape index (κ2) is 5.94. The maximum Gasteiger partial charge on any atom is 0.307 e. The molecule has 0 aromatic heterocycles. The lowest BCUT2D eigenvalue weighted by Gasteiger charge is -2.39. The minimum atomic E-state index is -0.935. The molecule has 2 aliphatic rings. The first-order valence-corrected chi connectivity index (χ1v) is 7.36. The van der Waals surface area contributed by atoms with Crippen molar-refractivity contribution in [1.29, 1.82) is 0 Å². The maximum absolute atomic E-state index is 11.0. The van der Waals surface area contributed by atoms with E-state index in [9.17, 15) is 20.1 Å². The van der Waals surface area contributed by atoms with Crippen LogP contribution in [0.15, 0.2) is 18.2 Å². The Kier molecular flexibility index (Phi) is 4.16. The maximum atomic E-state index is 11.0. The Morgan fingerprint density at radius 3 is 2.73 bits per heavy atom. The van der Waals surface area contributed by atoms with Gasteiger partial charge < -0.3 is 20.4 Å². The van der Waals surface area contributed by atoms with Crippen LogP contribution in [0.2, 0.25) is 0 Å². The van der Waals surface area contributed by atoms with E-state index in [-0.39, 0.29) is 12.5 Å². The molecule has 0 saturated carbocycles. The van der Waals surface area contributed by atoms with Gasteiger partial charge in [0.25, 0.3) is 0 Å². The summed E-state index contributed by atoms with van der Waals surface area (Å²) in [6.45, 7) is 0.388. The first-order chi connectivity index (χ1) is 10.5. The van der Waals surface area contributed by atoms with Gasteiger partial charge in [-0.15, -0.1) is 0 Å². The molecule has 5 N–H and O–H groups in total. The van der Waals surface area contributed by atoms with E-state index in [1.54, 1.807) is 23.1 Å². The highest BCUT2D eigenvalue weighted by atomic mass is 16.4. The number of aliphatic hydroxyl groups is 3. The molecule has 120 valence electrons. The summed E-state index contributed by atoms with van der Waals surface area (Å²) in [5.41, 5.74) is 2.19. The van der Waals surface area contributed by atoms with Crippen LogP contribution in [0.4, 0.5) is 0 Å². The molecule has 3 rings (SSSR count). The number of aliphatic hydroxyl groups excluding tert-OH is 3. The van der Waals surface area contributed by atoms with E-state index in [1.807, 2.05) is 0 Å². The number of aliphatic carboxylic acids is 1. The summed E-state index contributed by atoms with van der Waals surface area (Å²) in [5.74, 6) is -0.913. The number of rotatable bonds is 3. The van der Waals surface area contributed by atoms with Crippen molar-refractivity contribution < 1.29 is 25.2 Å². The molecule has 1 aromatic rings. The lowest BCUT2D eigenvalue weighted by Crippen LogP contribution is -2.56. The van der Waals surface area contributed by atoms with E-state index in [1.165, 1.54) is 0 Å². The van der Waals surface area contributed by atoms with Crippen molar-refractivity contribution in [3.63, 3.8) is 0 Å². The Hall–Kier alpha value is -1.51. The van der Waals surface area contributed by atoms with E-state index in [4.69, 9.17) is 5.11 Å². The zero-order chi connectivity index (χ0) is 15.9. The van der Waals surface area contributed by atoms with E-state index in [0.29, 0.717) is 30.5 Å². The highest BCUT2D eigenvalue weighted by Crippen LogP contribution is 2.37. The molecule has 0 aliphatic carbocycles. The summed E-state index contributed by atoms with van der Waals surface area (Å²) in [5, 5.41) is 41.8. The minimum absolute atomic E-state index is 0.0894. The molecule has 2 heterocycles. The van der Waals surface area contributed by atoms with Gasteiger partial charge in [-0.1, -0.05) is 18.2 Å². The molecule has 22 heavy (non-hydrogen) atoms. The number of hydrogen-bond acceptors (Lipinski definition) is 6. The molecular weight excluding hydrogens is 288 g/mol. The van der Waals surface area contributed by atoms with Crippen LogP contribution in [0.5, 0.6) is 0 Å². The van der Waals surface area contributed by atoms with Crippen LogP contribution in [-0.4, -0.2) is 49.8 Å². The van der Waals surface area contributed by atoms with Crippen molar-refractivity contribution in [3.8, 4) is 0 Å². The molecule has 0 spiro atoms. The fraction of sp³-hybridized carbons (Fsp3) is 0.533. The first-order valence-electron chi connectivity index (χ1n) is 7.36. The molecule has 4 unspecified atom stereocenters. The topological polar surface area (TPSA) is 113 Å². The summed E-state index contributed by atoms with van der Waals surface area (Å²) in [6, 6.07) is 4.94. The average molecular weight is 308 g/mol. The number of carboxylic acids is 1. The second-order valence-corrected chi connectivity index (χ2v) is 5.87. The van der Waals surface area contributed by atoms with Crippen LogP contribution in [0.3, 0.4) is 0 Å². The van der Waals surface area contributed by atoms with Crippen molar-refractivity contribution in [2.75, 3.05) is 0 Å². The van der Waals surface area contributed by atoms with Crippen LogP contribution >= 0.6 is 0 Å². The predicted molar refractivity (Wildman–Crippen MR) is 76.5 cm³/mol. The van der Waals surface area contributed by atoms with Crippen LogP contribution in [0.1, 0.15) is 35.8 Å². The number of hydrogen-bond donors (Lipinski definition) is 5. The van der Waals surface area contributed by atoms with Crippen molar-refractivity contribution in [3.05, 3.63) is 34.9 Å². The average Bonchev–Trinajstić information content (AvgIpc) is 2.77. The van der Waals surface area contributed by atoms with Gasteiger partial charge in [0.05, 0.1) is 12.5 Å². The molecule has 0 radical (unpaired) electrons. The van der Waals surface area contributed by atoms with E-state index >= 15 is 0 Å². The Morgan fingerprint density at radius 2 is 2.05 bits per heavy atom. The van der Waals surface area contributed by atoms with Gasteiger partial charge in [0.15, 0.2) is 0 Å². The van der Waals surface area contributed by atoms with Gasteiger partial charge in [-0.3, -0.25) is 15.0 Å². The van der Waals surface area contributed by atoms with Crippen LogP contribution < -0.4 is 5.32 Å². The van der Waals surface area contributed by atoms with Gasteiger partial charge in [-0.2, -0.15) is 0 Å². The van der Waals surface area contributed by atoms with Crippen molar-refractivity contribution >= 4 is 5.97 Å². The summed E-state index contributed by atoms with van der Waals surface area (Å²) in [4.78, 5) is 12.7. The SMILES string of the molecule is O=C(O)Cc1cccc2c1CN(C1CCC(O)NC1O)C2O. The van der Waals surface area contributed by atoms with Gasteiger partial charge in [0, 0.05) is 12.1 Å². The lowest BCUT2D eigenvalue weighted by molar-refractivity contribution is -0.136. The largest absolute Gasteiger partial charge is 0.481 e. The predicted octanol–water partition coefficient (Wildman–Crippen LogP) is -0.491. The molecule has 1 saturated heterocycles. The van der Waals surface area contributed by atoms with Crippen molar-refractivity contribution in [2.45, 2.75) is 50.5 Å². The van der Waals surface area contributed by atoms with Crippen LogP contribution in [0, 0.1) is 0 Å². The number of fused-ring (bicyclic) bond motifs is 1. The van der Waals surface area contributed by atoms with E-state index in [2.05, 4.69) is 5.32 Å². The fourth-order valence-electron chi connectivity index (χ4n) is 3.39. The standard InChI is InChI=1S/C15H20N2O5/c18-12-5-4-11(14(21)16-12)17-7-10-8(6-13(19)20)2-1-3-9(10)15(17)22/h1-3,11-12,14-16,18,21-22H,4-7H2,(H,19,20). The minimum Gasteiger partial charge on any atom is -0.481 e. The van der Waals surface area contributed by atoms with Crippen LogP contribution in [-0.2, 0) is 17.8 Å². The summed E-state index contributed by atoms with van der Waals surface area (Å²) in [6.07, 6.45) is -1.60. The third-order valence-corrected chi connectivity index (χ3v) is 4.47. The number of carboxylic acid groups (broad SMARTS) is 1.